The minimum Gasteiger partial charge on any atom is -0.379 e. The smallest absolute Gasteiger partial charge is 0.180 e. The normalized spacial score (nSPS) is 11.7. The summed E-state index contributed by atoms with van der Waals surface area (Å²) in [7, 11) is -3.25. The lowest BCUT2D eigenvalue weighted by Gasteiger charge is -2.08. The van der Waals surface area contributed by atoms with E-state index in [0.29, 0.717) is 18.0 Å². The van der Waals surface area contributed by atoms with Gasteiger partial charge in [0.25, 0.3) is 0 Å². The van der Waals surface area contributed by atoms with Crippen molar-refractivity contribution in [2.45, 2.75) is 18.7 Å². The molecule has 0 spiro atoms. The lowest BCUT2D eigenvalue weighted by molar-refractivity contribution is 0.157. The van der Waals surface area contributed by atoms with Crippen molar-refractivity contribution in [3.8, 4) is 0 Å². The first-order valence-electron chi connectivity index (χ1n) is 5.55. The number of nitrogens with two attached hydrogens (primary N) is 1. The van der Waals surface area contributed by atoms with Crippen molar-refractivity contribution in [3.63, 3.8) is 0 Å². The van der Waals surface area contributed by atoms with Gasteiger partial charge in [-0.3, -0.25) is 0 Å². The van der Waals surface area contributed by atoms with Gasteiger partial charge in [0.2, 0.25) is 0 Å². The third-order valence-corrected chi connectivity index (χ3v) is 4.26. The fourth-order valence-corrected chi connectivity index (χ4v) is 2.99. The van der Waals surface area contributed by atoms with Crippen LogP contribution in [0.25, 0.3) is 0 Å². The van der Waals surface area contributed by atoms with Crippen LogP contribution < -0.4 is 5.73 Å². The second kappa shape index (κ2) is 6.14. The molecule has 0 saturated carbocycles. The molecule has 2 N–H and O–H groups in total. The molecular weight excluding hydrogens is 238 g/mol. The summed E-state index contributed by atoms with van der Waals surface area (Å²) in [6.07, 6.45) is 0. The molecule has 17 heavy (non-hydrogen) atoms. The maximum atomic E-state index is 12.0. The summed E-state index contributed by atoms with van der Waals surface area (Å²) >= 11 is 0. The van der Waals surface area contributed by atoms with Crippen LogP contribution in [0.1, 0.15) is 11.1 Å². The van der Waals surface area contributed by atoms with E-state index in [4.69, 9.17) is 10.5 Å². The summed E-state index contributed by atoms with van der Waals surface area (Å²) in [5.41, 5.74) is 7.09. The molecule has 4 nitrogen and oxygen atoms in total. The zero-order valence-corrected chi connectivity index (χ0v) is 11.1. The van der Waals surface area contributed by atoms with Crippen LogP contribution in [-0.4, -0.2) is 33.9 Å². The minimum atomic E-state index is -3.25. The highest BCUT2D eigenvalue weighted by atomic mass is 32.2. The molecule has 0 amide bonds. The van der Waals surface area contributed by atoms with E-state index in [1.165, 1.54) is 0 Å². The van der Waals surface area contributed by atoms with Crippen LogP contribution in [0.15, 0.2) is 23.1 Å². The number of rotatable bonds is 6. The van der Waals surface area contributed by atoms with Gasteiger partial charge in [0, 0.05) is 6.54 Å². The largest absolute Gasteiger partial charge is 0.379 e. The van der Waals surface area contributed by atoms with E-state index in [9.17, 15) is 8.42 Å². The average molecular weight is 257 g/mol. The lowest BCUT2D eigenvalue weighted by Crippen LogP contribution is -2.16. The van der Waals surface area contributed by atoms with Gasteiger partial charge < -0.3 is 10.5 Å². The molecule has 1 aromatic carbocycles. The van der Waals surface area contributed by atoms with Crippen LogP contribution in [0.2, 0.25) is 0 Å². The molecule has 0 fully saturated rings. The van der Waals surface area contributed by atoms with E-state index in [2.05, 4.69) is 0 Å². The number of hydrogen-bond acceptors (Lipinski definition) is 4. The highest BCUT2D eigenvalue weighted by Crippen LogP contribution is 2.17. The minimum absolute atomic E-state index is 0.00307. The van der Waals surface area contributed by atoms with Gasteiger partial charge in [-0.2, -0.15) is 0 Å². The Kier molecular flexibility index (Phi) is 5.11. The van der Waals surface area contributed by atoms with E-state index in [1.807, 2.05) is 13.0 Å². The van der Waals surface area contributed by atoms with Crippen molar-refractivity contribution in [2.75, 3.05) is 25.5 Å². The van der Waals surface area contributed by atoms with Gasteiger partial charge in [-0.1, -0.05) is 17.7 Å². The lowest BCUT2D eigenvalue weighted by atomic mass is 10.2. The molecule has 0 atom stereocenters. The van der Waals surface area contributed by atoms with Crippen molar-refractivity contribution >= 4 is 9.84 Å². The maximum Gasteiger partial charge on any atom is 0.180 e. The fourth-order valence-electron chi connectivity index (χ4n) is 1.61. The summed E-state index contributed by atoms with van der Waals surface area (Å²) in [5, 5.41) is 0. The number of aryl methyl sites for hydroxylation is 2. The molecular formula is C12H19NO3S. The number of sulfone groups is 1. The van der Waals surface area contributed by atoms with Crippen molar-refractivity contribution in [1.29, 1.82) is 0 Å². The van der Waals surface area contributed by atoms with Crippen LogP contribution >= 0.6 is 0 Å². The molecule has 0 aliphatic carbocycles. The Labute approximate surface area is 103 Å². The Morgan fingerprint density at radius 3 is 2.53 bits per heavy atom. The maximum absolute atomic E-state index is 12.0. The van der Waals surface area contributed by atoms with Gasteiger partial charge >= 0.3 is 0 Å². The monoisotopic (exact) mass is 257 g/mol. The van der Waals surface area contributed by atoms with Gasteiger partial charge in [-0.25, -0.2) is 8.42 Å². The van der Waals surface area contributed by atoms with Crippen LogP contribution in [0, 0.1) is 13.8 Å². The summed E-state index contributed by atoms with van der Waals surface area (Å²) < 4.78 is 29.1. The van der Waals surface area contributed by atoms with Gasteiger partial charge in [0.1, 0.15) is 0 Å². The van der Waals surface area contributed by atoms with E-state index in [0.717, 1.165) is 11.1 Å². The summed E-state index contributed by atoms with van der Waals surface area (Å²) in [6, 6.07) is 5.33. The quantitative estimate of drug-likeness (QED) is 0.773. The molecule has 0 aliphatic heterocycles. The molecule has 0 aromatic heterocycles. The predicted octanol–water partition coefficient (Wildman–Crippen LogP) is 1.05. The molecule has 0 bridgehead atoms. The molecule has 0 heterocycles. The molecule has 0 radical (unpaired) electrons. The predicted molar refractivity (Wildman–Crippen MR) is 67.8 cm³/mol. The molecule has 1 aromatic rings. The number of benzene rings is 1. The van der Waals surface area contributed by atoms with Crippen LogP contribution in [0.4, 0.5) is 0 Å². The molecule has 0 aliphatic rings. The highest BCUT2D eigenvalue weighted by Gasteiger charge is 2.16. The van der Waals surface area contributed by atoms with Crippen molar-refractivity contribution < 1.29 is 13.2 Å². The Hall–Kier alpha value is -0.910. The van der Waals surface area contributed by atoms with Gasteiger partial charge in [0.05, 0.1) is 23.9 Å². The topological polar surface area (TPSA) is 69.4 Å². The summed E-state index contributed by atoms with van der Waals surface area (Å²) in [4.78, 5) is 0.388. The number of hydrogen-bond donors (Lipinski definition) is 1. The number of ether oxygens (including phenoxy) is 1. The molecule has 5 heteroatoms. The third kappa shape index (κ3) is 4.11. The van der Waals surface area contributed by atoms with E-state index >= 15 is 0 Å². The van der Waals surface area contributed by atoms with Crippen molar-refractivity contribution in [1.82, 2.24) is 0 Å². The van der Waals surface area contributed by atoms with E-state index < -0.39 is 9.84 Å². The van der Waals surface area contributed by atoms with Crippen molar-refractivity contribution in [3.05, 3.63) is 29.3 Å². The zero-order chi connectivity index (χ0) is 12.9. The second-order valence-electron chi connectivity index (χ2n) is 3.99. The Morgan fingerprint density at radius 1 is 1.24 bits per heavy atom. The van der Waals surface area contributed by atoms with E-state index in [-0.39, 0.29) is 12.4 Å². The van der Waals surface area contributed by atoms with Crippen LogP contribution in [0.3, 0.4) is 0 Å². The molecule has 0 saturated heterocycles. The standard InChI is InChI=1S/C12H19NO3S/c1-10-3-4-12(11(2)9-10)17(14,15)8-7-16-6-5-13/h3-4,9H,5-8,13H2,1-2H3. The first-order chi connectivity index (χ1) is 7.97. The van der Waals surface area contributed by atoms with Gasteiger partial charge in [0.15, 0.2) is 9.84 Å². The van der Waals surface area contributed by atoms with Crippen LogP contribution in [0.5, 0.6) is 0 Å². The Bertz CT molecular complexity index is 469. The molecule has 1 rings (SSSR count). The third-order valence-electron chi connectivity index (χ3n) is 2.42. The van der Waals surface area contributed by atoms with Gasteiger partial charge in [-0.15, -0.1) is 0 Å². The zero-order valence-electron chi connectivity index (χ0n) is 10.3. The highest BCUT2D eigenvalue weighted by molar-refractivity contribution is 7.91. The average Bonchev–Trinajstić information content (AvgIpc) is 2.24. The summed E-state index contributed by atoms with van der Waals surface area (Å²) in [6.45, 7) is 4.73. The van der Waals surface area contributed by atoms with Crippen LogP contribution in [-0.2, 0) is 14.6 Å². The Balaban J connectivity index is 2.76. The Morgan fingerprint density at radius 2 is 1.94 bits per heavy atom. The fraction of sp³-hybridized carbons (Fsp3) is 0.500. The first kappa shape index (κ1) is 14.2. The van der Waals surface area contributed by atoms with Crippen molar-refractivity contribution in [2.24, 2.45) is 5.73 Å². The van der Waals surface area contributed by atoms with E-state index in [1.54, 1.807) is 19.1 Å². The molecule has 0 unspecified atom stereocenters. The SMILES string of the molecule is Cc1ccc(S(=O)(=O)CCOCCN)c(C)c1. The first-order valence-corrected chi connectivity index (χ1v) is 7.20. The molecule has 96 valence electrons. The van der Waals surface area contributed by atoms with Gasteiger partial charge in [-0.05, 0) is 25.5 Å². The summed E-state index contributed by atoms with van der Waals surface area (Å²) in [5.74, 6) is -0.00307. The second-order valence-corrected chi connectivity index (χ2v) is 6.07.